The van der Waals surface area contributed by atoms with Crippen molar-refractivity contribution < 1.29 is 4.79 Å². The van der Waals surface area contributed by atoms with Crippen molar-refractivity contribution in [1.29, 1.82) is 0 Å². The number of carbonyl (C=O) groups excluding carboxylic acids is 1. The molecule has 0 heterocycles. The fourth-order valence-electron chi connectivity index (χ4n) is 1.66. The summed E-state index contributed by atoms with van der Waals surface area (Å²) in [4.78, 5) is 11.1. The molecule has 0 unspecified atom stereocenters. The summed E-state index contributed by atoms with van der Waals surface area (Å²) in [6, 6.07) is 9.83. The number of hydrogen-bond donors (Lipinski definition) is 0. The molecule has 1 aromatic rings. The van der Waals surface area contributed by atoms with E-state index in [2.05, 4.69) is 6.58 Å². The molecule has 0 amide bonds. The summed E-state index contributed by atoms with van der Waals surface area (Å²) in [6.07, 6.45) is 1.72. The first-order valence-corrected chi connectivity index (χ1v) is 4.75. The van der Waals surface area contributed by atoms with Gasteiger partial charge in [0.05, 0.1) is 5.41 Å². The average molecular weight is 188 g/mol. The lowest BCUT2D eigenvalue weighted by atomic mass is 9.79. The highest BCUT2D eigenvalue weighted by atomic mass is 16.1. The molecule has 0 aliphatic carbocycles. The number of aldehydes is 1. The molecule has 0 bridgehead atoms. The molecule has 1 nitrogen and oxygen atoms in total. The molecule has 0 aromatic heterocycles. The first-order chi connectivity index (χ1) is 6.58. The minimum absolute atomic E-state index is 0.424. The topological polar surface area (TPSA) is 17.1 Å². The van der Waals surface area contributed by atoms with E-state index in [1.54, 1.807) is 0 Å². The zero-order valence-electron chi connectivity index (χ0n) is 8.79. The molecule has 0 fully saturated rings. The maximum absolute atomic E-state index is 11.1. The van der Waals surface area contributed by atoms with E-state index in [0.29, 0.717) is 6.42 Å². The Bertz CT molecular complexity index is 326. The Morgan fingerprint density at radius 2 is 2.00 bits per heavy atom. The largest absolute Gasteiger partial charge is 0.302 e. The van der Waals surface area contributed by atoms with Crippen LogP contribution in [-0.4, -0.2) is 6.29 Å². The van der Waals surface area contributed by atoms with Gasteiger partial charge in [0, 0.05) is 0 Å². The first-order valence-electron chi connectivity index (χ1n) is 4.75. The number of rotatable bonds is 4. The summed E-state index contributed by atoms with van der Waals surface area (Å²) in [5, 5.41) is 0. The number of allylic oxidation sites excluding steroid dienone is 1. The normalized spacial score (nSPS) is 14.4. The third kappa shape index (κ3) is 2.32. The highest BCUT2D eigenvalue weighted by Crippen LogP contribution is 2.27. The van der Waals surface area contributed by atoms with Crippen LogP contribution in [0, 0.1) is 0 Å². The van der Waals surface area contributed by atoms with Crippen molar-refractivity contribution in [2.75, 3.05) is 0 Å². The van der Waals surface area contributed by atoms with E-state index in [1.165, 1.54) is 0 Å². The van der Waals surface area contributed by atoms with Crippen LogP contribution in [-0.2, 0) is 10.2 Å². The maximum atomic E-state index is 11.1. The fraction of sp³-hybridized carbons (Fsp3) is 0.308. The molecule has 0 N–H and O–H groups in total. The van der Waals surface area contributed by atoms with Crippen LogP contribution in [0.2, 0.25) is 0 Å². The van der Waals surface area contributed by atoms with Crippen LogP contribution in [0.3, 0.4) is 0 Å². The van der Waals surface area contributed by atoms with E-state index in [1.807, 2.05) is 44.2 Å². The van der Waals surface area contributed by atoms with Crippen LogP contribution in [0.5, 0.6) is 0 Å². The molecular weight excluding hydrogens is 172 g/mol. The second-order valence-corrected chi connectivity index (χ2v) is 4.04. The molecule has 0 saturated heterocycles. The second kappa shape index (κ2) is 4.23. The minimum Gasteiger partial charge on any atom is -0.302 e. The van der Waals surface area contributed by atoms with Crippen LogP contribution in [0.15, 0.2) is 42.5 Å². The van der Waals surface area contributed by atoms with E-state index in [0.717, 1.165) is 17.4 Å². The lowest BCUT2D eigenvalue weighted by Crippen LogP contribution is -2.23. The van der Waals surface area contributed by atoms with Crippen molar-refractivity contribution in [1.82, 2.24) is 0 Å². The van der Waals surface area contributed by atoms with Crippen molar-refractivity contribution in [2.24, 2.45) is 0 Å². The second-order valence-electron chi connectivity index (χ2n) is 4.04. The van der Waals surface area contributed by atoms with Gasteiger partial charge in [0.1, 0.15) is 6.29 Å². The Morgan fingerprint density at radius 1 is 1.43 bits per heavy atom. The highest BCUT2D eigenvalue weighted by Gasteiger charge is 2.25. The van der Waals surface area contributed by atoms with Gasteiger partial charge in [0.15, 0.2) is 0 Å². The van der Waals surface area contributed by atoms with E-state index >= 15 is 0 Å². The van der Waals surface area contributed by atoms with Crippen molar-refractivity contribution >= 4 is 6.29 Å². The summed E-state index contributed by atoms with van der Waals surface area (Å²) in [5.74, 6) is 0. The van der Waals surface area contributed by atoms with Gasteiger partial charge in [-0.1, -0.05) is 35.9 Å². The van der Waals surface area contributed by atoms with Crippen LogP contribution >= 0.6 is 0 Å². The van der Waals surface area contributed by atoms with Crippen LogP contribution in [0.25, 0.3) is 0 Å². The molecule has 0 aliphatic heterocycles. The Morgan fingerprint density at radius 3 is 2.43 bits per heavy atom. The van der Waals surface area contributed by atoms with Gasteiger partial charge in [-0.15, -0.1) is 6.58 Å². The van der Waals surface area contributed by atoms with Crippen molar-refractivity contribution in [3.63, 3.8) is 0 Å². The number of benzene rings is 1. The molecule has 1 rings (SSSR count). The minimum atomic E-state index is -0.424. The summed E-state index contributed by atoms with van der Waals surface area (Å²) in [5.41, 5.74) is 1.66. The van der Waals surface area contributed by atoms with E-state index in [-0.39, 0.29) is 0 Å². The molecule has 1 atom stereocenters. The molecule has 0 aliphatic rings. The van der Waals surface area contributed by atoms with Gasteiger partial charge in [0.25, 0.3) is 0 Å². The lowest BCUT2D eigenvalue weighted by molar-refractivity contribution is -0.112. The van der Waals surface area contributed by atoms with Gasteiger partial charge >= 0.3 is 0 Å². The average Bonchev–Trinajstić information content (AvgIpc) is 2.18. The Labute approximate surface area is 85.5 Å². The van der Waals surface area contributed by atoms with E-state index < -0.39 is 5.41 Å². The highest BCUT2D eigenvalue weighted by molar-refractivity contribution is 5.68. The Kier molecular flexibility index (Phi) is 3.23. The standard InChI is InChI=1S/C13H16O/c1-11(2)9-13(3,10-14)12-7-5-4-6-8-12/h4-8,10H,1,9H2,2-3H3/t13-/m1/s1. The summed E-state index contributed by atoms with van der Waals surface area (Å²) < 4.78 is 0. The summed E-state index contributed by atoms with van der Waals surface area (Å²) in [7, 11) is 0. The molecular formula is C13H16O. The molecule has 14 heavy (non-hydrogen) atoms. The van der Waals surface area contributed by atoms with Gasteiger partial charge in [-0.2, -0.15) is 0 Å². The molecule has 1 heteroatoms. The van der Waals surface area contributed by atoms with Crippen LogP contribution < -0.4 is 0 Å². The third-order valence-electron chi connectivity index (χ3n) is 2.36. The Balaban J connectivity index is 3.01. The third-order valence-corrected chi connectivity index (χ3v) is 2.36. The maximum Gasteiger partial charge on any atom is 0.130 e. The van der Waals surface area contributed by atoms with Gasteiger partial charge in [0.2, 0.25) is 0 Å². The quantitative estimate of drug-likeness (QED) is 0.524. The lowest BCUT2D eigenvalue weighted by Gasteiger charge is -2.23. The van der Waals surface area contributed by atoms with Crippen LogP contribution in [0.1, 0.15) is 25.8 Å². The predicted molar refractivity (Wildman–Crippen MR) is 59.3 cm³/mol. The zero-order valence-corrected chi connectivity index (χ0v) is 8.79. The van der Waals surface area contributed by atoms with Crippen LogP contribution in [0.4, 0.5) is 0 Å². The van der Waals surface area contributed by atoms with E-state index in [9.17, 15) is 4.79 Å². The van der Waals surface area contributed by atoms with Gasteiger partial charge in [-0.3, -0.25) is 0 Å². The number of carbonyl (C=O) groups is 1. The zero-order chi connectivity index (χ0) is 10.6. The monoisotopic (exact) mass is 188 g/mol. The molecule has 0 spiro atoms. The molecule has 0 radical (unpaired) electrons. The first kappa shape index (κ1) is 10.7. The predicted octanol–water partition coefficient (Wildman–Crippen LogP) is 3.11. The molecule has 0 saturated carbocycles. The van der Waals surface area contributed by atoms with Gasteiger partial charge in [-0.05, 0) is 25.8 Å². The summed E-state index contributed by atoms with van der Waals surface area (Å²) >= 11 is 0. The van der Waals surface area contributed by atoms with Crippen molar-refractivity contribution in [2.45, 2.75) is 25.7 Å². The van der Waals surface area contributed by atoms with Crippen molar-refractivity contribution in [3.05, 3.63) is 48.0 Å². The Hall–Kier alpha value is -1.37. The number of hydrogen-bond acceptors (Lipinski definition) is 1. The van der Waals surface area contributed by atoms with E-state index in [4.69, 9.17) is 0 Å². The van der Waals surface area contributed by atoms with Gasteiger partial charge < -0.3 is 4.79 Å². The molecule has 74 valence electrons. The smallest absolute Gasteiger partial charge is 0.130 e. The van der Waals surface area contributed by atoms with Gasteiger partial charge in [-0.25, -0.2) is 0 Å². The molecule has 1 aromatic carbocycles. The SMILES string of the molecule is C=C(C)C[C@](C)(C=O)c1ccccc1. The summed E-state index contributed by atoms with van der Waals surface area (Å²) in [6.45, 7) is 7.75. The van der Waals surface area contributed by atoms with Crippen molar-refractivity contribution in [3.8, 4) is 0 Å². The fourth-order valence-corrected chi connectivity index (χ4v) is 1.66.